The van der Waals surface area contributed by atoms with E-state index in [9.17, 15) is 4.79 Å². The van der Waals surface area contributed by atoms with Crippen LogP contribution in [-0.4, -0.2) is 11.7 Å². The van der Waals surface area contributed by atoms with Crippen molar-refractivity contribution in [3.63, 3.8) is 0 Å². The fourth-order valence-electron chi connectivity index (χ4n) is 1.94. The molecule has 3 nitrogen and oxygen atoms in total. The molecule has 0 saturated carbocycles. The molecule has 0 aliphatic carbocycles. The second-order valence-electron chi connectivity index (χ2n) is 4.87. The van der Waals surface area contributed by atoms with Crippen LogP contribution < -0.4 is 11.1 Å². The van der Waals surface area contributed by atoms with Crippen LogP contribution in [0.25, 0.3) is 0 Å². The van der Waals surface area contributed by atoms with Gasteiger partial charge >= 0.3 is 0 Å². The lowest BCUT2D eigenvalue weighted by Gasteiger charge is -2.09. The van der Waals surface area contributed by atoms with E-state index in [4.69, 9.17) is 5.73 Å². The second kappa shape index (κ2) is 7.18. The molecule has 21 heavy (non-hydrogen) atoms. The number of hydrogen-bond acceptors (Lipinski definition) is 3. The molecule has 1 amide bonds. The number of nitrogens with one attached hydrogen (secondary N) is 1. The molecular weight excluding hydrogens is 280 g/mol. The Bertz CT molecular complexity index is 623. The molecule has 0 spiro atoms. The maximum Gasteiger partial charge on any atom is 0.234 e. The van der Waals surface area contributed by atoms with Crippen LogP contribution >= 0.6 is 11.8 Å². The van der Waals surface area contributed by atoms with Crippen LogP contribution in [0.2, 0.25) is 0 Å². The lowest BCUT2D eigenvalue weighted by molar-refractivity contribution is -0.113. The molecule has 0 heterocycles. The van der Waals surface area contributed by atoms with E-state index in [0.717, 1.165) is 28.3 Å². The zero-order chi connectivity index (χ0) is 15.2. The Morgan fingerprint density at radius 3 is 2.57 bits per heavy atom. The summed E-state index contributed by atoms with van der Waals surface area (Å²) in [6.45, 7) is 4.07. The Kier molecular flexibility index (Phi) is 5.28. The predicted molar refractivity (Wildman–Crippen MR) is 90.8 cm³/mol. The predicted octanol–water partition coefficient (Wildman–Crippen LogP) is 3.87. The summed E-state index contributed by atoms with van der Waals surface area (Å²) in [7, 11) is 0. The van der Waals surface area contributed by atoms with E-state index in [-0.39, 0.29) is 5.91 Å². The van der Waals surface area contributed by atoms with E-state index in [1.165, 1.54) is 17.3 Å². The largest absolute Gasteiger partial charge is 0.398 e. The first-order chi connectivity index (χ1) is 10.1. The molecule has 0 bridgehead atoms. The molecule has 0 aliphatic rings. The van der Waals surface area contributed by atoms with Crippen molar-refractivity contribution < 1.29 is 4.79 Å². The highest BCUT2D eigenvalue weighted by molar-refractivity contribution is 8.00. The smallest absolute Gasteiger partial charge is 0.234 e. The Hall–Kier alpha value is -1.94. The number of carbonyl (C=O) groups is 1. The molecule has 2 rings (SSSR count). The van der Waals surface area contributed by atoms with E-state index in [1.807, 2.05) is 49.4 Å². The van der Waals surface area contributed by atoms with Gasteiger partial charge < -0.3 is 11.1 Å². The second-order valence-corrected chi connectivity index (χ2v) is 5.89. The van der Waals surface area contributed by atoms with Gasteiger partial charge in [-0.1, -0.05) is 31.2 Å². The van der Waals surface area contributed by atoms with Gasteiger partial charge in [0.25, 0.3) is 0 Å². The third-order valence-electron chi connectivity index (χ3n) is 3.29. The number of carbonyl (C=O) groups excluding carboxylic acids is 1. The lowest BCUT2D eigenvalue weighted by atomic mass is 10.1. The molecule has 0 aromatic heterocycles. The van der Waals surface area contributed by atoms with E-state index >= 15 is 0 Å². The SMILES string of the molecule is CCc1ccc(NC(=O)CSc2cccc(C)c2N)cc1. The summed E-state index contributed by atoms with van der Waals surface area (Å²) in [4.78, 5) is 12.9. The van der Waals surface area contributed by atoms with Crippen LogP contribution in [0.5, 0.6) is 0 Å². The number of amides is 1. The number of hydrogen-bond donors (Lipinski definition) is 2. The third-order valence-corrected chi connectivity index (χ3v) is 4.36. The molecular formula is C17H20N2OS. The summed E-state index contributed by atoms with van der Waals surface area (Å²) in [5.74, 6) is 0.327. The van der Waals surface area contributed by atoms with Crippen LogP contribution in [0, 0.1) is 6.92 Å². The van der Waals surface area contributed by atoms with Crippen molar-refractivity contribution in [1.82, 2.24) is 0 Å². The van der Waals surface area contributed by atoms with Gasteiger partial charge in [-0.05, 0) is 42.7 Å². The van der Waals surface area contributed by atoms with E-state index in [1.54, 1.807) is 0 Å². The Balaban J connectivity index is 1.91. The van der Waals surface area contributed by atoms with Crippen LogP contribution in [0.4, 0.5) is 11.4 Å². The van der Waals surface area contributed by atoms with E-state index < -0.39 is 0 Å². The van der Waals surface area contributed by atoms with Crippen LogP contribution in [0.15, 0.2) is 47.4 Å². The first-order valence-electron chi connectivity index (χ1n) is 6.97. The fourth-order valence-corrected chi connectivity index (χ4v) is 2.79. The number of rotatable bonds is 5. The molecule has 110 valence electrons. The summed E-state index contributed by atoms with van der Waals surface area (Å²) in [6, 6.07) is 13.8. The monoisotopic (exact) mass is 300 g/mol. The Labute approximate surface area is 129 Å². The minimum absolute atomic E-state index is 0.0230. The summed E-state index contributed by atoms with van der Waals surface area (Å²) in [6.07, 6.45) is 0.997. The number of aryl methyl sites for hydroxylation is 2. The molecule has 0 unspecified atom stereocenters. The average Bonchev–Trinajstić information content (AvgIpc) is 2.49. The zero-order valence-electron chi connectivity index (χ0n) is 12.3. The van der Waals surface area contributed by atoms with Gasteiger partial charge in [0.1, 0.15) is 0 Å². The molecule has 2 aromatic carbocycles. The van der Waals surface area contributed by atoms with Gasteiger partial charge in [-0.25, -0.2) is 0 Å². The molecule has 0 aliphatic heterocycles. The minimum Gasteiger partial charge on any atom is -0.398 e. The lowest BCUT2D eigenvalue weighted by Crippen LogP contribution is -2.14. The van der Waals surface area contributed by atoms with Gasteiger partial charge in [-0.3, -0.25) is 4.79 Å². The molecule has 0 fully saturated rings. The highest BCUT2D eigenvalue weighted by Gasteiger charge is 2.07. The van der Waals surface area contributed by atoms with Crippen molar-refractivity contribution in [2.75, 3.05) is 16.8 Å². The summed E-state index contributed by atoms with van der Waals surface area (Å²) < 4.78 is 0. The van der Waals surface area contributed by atoms with E-state index in [2.05, 4.69) is 12.2 Å². The maximum absolute atomic E-state index is 12.0. The molecule has 0 atom stereocenters. The quantitative estimate of drug-likeness (QED) is 0.651. The number of benzene rings is 2. The molecule has 0 radical (unpaired) electrons. The van der Waals surface area contributed by atoms with Gasteiger partial charge in [0.05, 0.1) is 5.75 Å². The topological polar surface area (TPSA) is 55.1 Å². The van der Waals surface area contributed by atoms with Crippen molar-refractivity contribution in [3.8, 4) is 0 Å². The highest BCUT2D eigenvalue weighted by atomic mass is 32.2. The number of anilines is 2. The standard InChI is InChI=1S/C17H20N2OS/c1-3-13-7-9-14(10-8-13)19-16(20)11-21-15-6-4-5-12(2)17(15)18/h4-10H,3,11,18H2,1-2H3,(H,19,20). The summed E-state index contributed by atoms with van der Waals surface area (Å²) in [5.41, 5.74) is 9.88. The summed E-state index contributed by atoms with van der Waals surface area (Å²) >= 11 is 1.46. The van der Waals surface area contributed by atoms with Crippen molar-refractivity contribution in [2.45, 2.75) is 25.2 Å². The van der Waals surface area contributed by atoms with Gasteiger partial charge in [-0.15, -0.1) is 11.8 Å². The molecule has 3 N–H and O–H groups in total. The third kappa shape index (κ3) is 4.26. The van der Waals surface area contributed by atoms with Crippen LogP contribution in [0.1, 0.15) is 18.1 Å². The van der Waals surface area contributed by atoms with Crippen molar-refractivity contribution in [2.24, 2.45) is 0 Å². The van der Waals surface area contributed by atoms with Crippen molar-refractivity contribution in [1.29, 1.82) is 0 Å². The van der Waals surface area contributed by atoms with Gasteiger partial charge in [0.15, 0.2) is 0 Å². The van der Waals surface area contributed by atoms with E-state index in [0.29, 0.717) is 5.75 Å². The molecule has 4 heteroatoms. The number of thioether (sulfide) groups is 1. The van der Waals surface area contributed by atoms with Crippen molar-refractivity contribution in [3.05, 3.63) is 53.6 Å². The van der Waals surface area contributed by atoms with Gasteiger partial charge in [0.2, 0.25) is 5.91 Å². The Morgan fingerprint density at radius 1 is 1.19 bits per heavy atom. The highest BCUT2D eigenvalue weighted by Crippen LogP contribution is 2.27. The minimum atomic E-state index is -0.0230. The molecule has 0 saturated heterocycles. The van der Waals surface area contributed by atoms with Gasteiger partial charge in [-0.2, -0.15) is 0 Å². The van der Waals surface area contributed by atoms with Crippen molar-refractivity contribution >= 4 is 29.0 Å². The first kappa shape index (κ1) is 15.4. The first-order valence-corrected chi connectivity index (χ1v) is 7.95. The summed E-state index contributed by atoms with van der Waals surface area (Å²) in [5, 5.41) is 2.90. The van der Waals surface area contributed by atoms with Gasteiger partial charge in [0, 0.05) is 16.3 Å². The number of para-hydroxylation sites is 1. The normalized spacial score (nSPS) is 10.4. The number of nitrogen functional groups attached to an aromatic ring is 1. The zero-order valence-corrected chi connectivity index (χ0v) is 13.2. The average molecular weight is 300 g/mol. The number of nitrogens with two attached hydrogens (primary N) is 1. The Morgan fingerprint density at radius 2 is 1.90 bits per heavy atom. The maximum atomic E-state index is 12.0. The fraction of sp³-hybridized carbons (Fsp3) is 0.235. The molecule has 2 aromatic rings. The van der Waals surface area contributed by atoms with Crippen LogP contribution in [0.3, 0.4) is 0 Å². The van der Waals surface area contributed by atoms with Crippen LogP contribution in [-0.2, 0) is 11.2 Å².